The Balaban J connectivity index is 1.89. The summed E-state index contributed by atoms with van der Waals surface area (Å²) in [5, 5.41) is 5.72. The van der Waals surface area contributed by atoms with Crippen molar-refractivity contribution in [3.8, 4) is 0 Å². The number of hydrogen-bond acceptors (Lipinski definition) is 6. The molecule has 1 amide bonds. The Morgan fingerprint density at radius 2 is 2.11 bits per heavy atom. The molecule has 0 spiro atoms. The van der Waals surface area contributed by atoms with Crippen LogP contribution in [0.15, 0.2) is 18.5 Å². The van der Waals surface area contributed by atoms with E-state index < -0.39 is 0 Å². The van der Waals surface area contributed by atoms with Crippen LogP contribution in [0.5, 0.6) is 0 Å². The molecule has 2 aromatic rings. The van der Waals surface area contributed by atoms with Gasteiger partial charge in [0.2, 0.25) is 5.91 Å². The Labute approximate surface area is 166 Å². The summed E-state index contributed by atoms with van der Waals surface area (Å²) in [6, 6.07) is 0.0767. The first-order chi connectivity index (χ1) is 13.2. The van der Waals surface area contributed by atoms with E-state index in [1.165, 1.54) is 6.33 Å². The van der Waals surface area contributed by atoms with Crippen molar-refractivity contribution in [1.82, 2.24) is 29.5 Å². The minimum atomic E-state index is -0.179. The van der Waals surface area contributed by atoms with Crippen LogP contribution < -0.4 is 5.73 Å². The lowest BCUT2D eigenvalue weighted by Crippen LogP contribution is -2.40. The van der Waals surface area contributed by atoms with Crippen molar-refractivity contribution in [2.24, 2.45) is 0 Å². The summed E-state index contributed by atoms with van der Waals surface area (Å²) in [7, 11) is 3.96. The average Bonchev–Trinajstić information content (AvgIpc) is 3.03. The van der Waals surface area contributed by atoms with Gasteiger partial charge in [-0.1, -0.05) is 26.8 Å². The number of piperidine rings is 1. The number of carbonyl (C=O) groups is 1. The Morgan fingerprint density at radius 1 is 1.36 bits per heavy atom. The molecule has 2 aromatic heterocycles. The van der Waals surface area contributed by atoms with Crippen LogP contribution in [0.3, 0.4) is 0 Å². The van der Waals surface area contributed by atoms with Gasteiger partial charge in [0.1, 0.15) is 12.1 Å². The summed E-state index contributed by atoms with van der Waals surface area (Å²) in [5.74, 6) is 0.504. The van der Waals surface area contributed by atoms with Crippen LogP contribution in [-0.2, 0) is 10.2 Å². The maximum absolute atomic E-state index is 12.6. The zero-order valence-electron chi connectivity index (χ0n) is 17.5. The van der Waals surface area contributed by atoms with Crippen LogP contribution in [0, 0.1) is 0 Å². The van der Waals surface area contributed by atoms with E-state index in [1.807, 2.05) is 34.7 Å². The van der Waals surface area contributed by atoms with Crippen LogP contribution in [0.1, 0.15) is 45.3 Å². The van der Waals surface area contributed by atoms with Gasteiger partial charge in [0.25, 0.3) is 0 Å². The zero-order valence-corrected chi connectivity index (χ0v) is 17.5. The van der Waals surface area contributed by atoms with E-state index in [0.29, 0.717) is 12.4 Å². The molecule has 1 aliphatic heterocycles. The second-order valence-corrected chi connectivity index (χ2v) is 8.75. The number of aromatic nitrogens is 4. The van der Waals surface area contributed by atoms with E-state index in [9.17, 15) is 4.79 Å². The van der Waals surface area contributed by atoms with Gasteiger partial charge in [0.15, 0.2) is 5.65 Å². The van der Waals surface area contributed by atoms with E-state index in [1.54, 1.807) is 6.08 Å². The standard InChI is InChI=1S/C20H31N7O/c1-20(2,3)17-16-18(21)22-13-23-19(16)27(24-17)14-8-6-11-26(12-14)15(28)9-7-10-25(4)5/h7,9,13-14H,6,8,10-12H2,1-5H3,(H2,21,22,23)/b9-7+/t14-/m1/s1. The Bertz CT molecular complexity index is 879. The van der Waals surface area contributed by atoms with Crippen LogP contribution in [-0.4, -0.2) is 69.2 Å². The van der Waals surface area contributed by atoms with Crippen molar-refractivity contribution in [3.63, 3.8) is 0 Å². The third-order valence-corrected chi connectivity index (χ3v) is 5.01. The third kappa shape index (κ3) is 4.16. The summed E-state index contributed by atoms with van der Waals surface area (Å²) in [6.45, 7) is 8.46. The fourth-order valence-corrected chi connectivity index (χ4v) is 3.60. The lowest BCUT2D eigenvalue weighted by Gasteiger charge is -2.32. The second kappa shape index (κ2) is 7.87. The third-order valence-electron chi connectivity index (χ3n) is 5.01. The largest absolute Gasteiger partial charge is 0.383 e. The van der Waals surface area contributed by atoms with Crippen LogP contribution in [0.2, 0.25) is 0 Å². The first-order valence-corrected chi connectivity index (χ1v) is 9.78. The van der Waals surface area contributed by atoms with E-state index >= 15 is 0 Å². The van der Waals surface area contributed by atoms with Gasteiger partial charge in [0.05, 0.1) is 17.1 Å². The molecule has 0 bridgehead atoms. The molecule has 1 saturated heterocycles. The summed E-state index contributed by atoms with van der Waals surface area (Å²) in [6.07, 6.45) is 6.95. The summed E-state index contributed by atoms with van der Waals surface area (Å²) >= 11 is 0. The molecule has 8 nitrogen and oxygen atoms in total. The van der Waals surface area contributed by atoms with Crippen LogP contribution in [0.4, 0.5) is 5.82 Å². The van der Waals surface area contributed by atoms with Crippen molar-refractivity contribution in [1.29, 1.82) is 0 Å². The fraction of sp³-hybridized carbons (Fsp3) is 0.600. The monoisotopic (exact) mass is 385 g/mol. The Hall–Kier alpha value is -2.48. The number of nitrogens with two attached hydrogens (primary N) is 1. The first kappa shape index (κ1) is 20.3. The minimum absolute atomic E-state index is 0.0493. The number of carbonyl (C=O) groups excluding carboxylic acids is 1. The highest BCUT2D eigenvalue weighted by Crippen LogP contribution is 2.34. The van der Waals surface area contributed by atoms with Gasteiger partial charge >= 0.3 is 0 Å². The second-order valence-electron chi connectivity index (χ2n) is 8.75. The first-order valence-electron chi connectivity index (χ1n) is 9.78. The van der Waals surface area contributed by atoms with Crippen LogP contribution in [0.25, 0.3) is 11.0 Å². The molecule has 1 atom stereocenters. The number of fused-ring (bicyclic) bond motifs is 1. The number of hydrogen-bond donors (Lipinski definition) is 1. The quantitative estimate of drug-likeness (QED) is 0.809. The van der Waals surface area contributed by atoms with E-state index in [2.05, 4.69) is 30.7 Å². The number of amides is 1. The molecule has 3 rings (SSSR count). The molecule has 3 heterocycles. The van der Waals surface area contributed by atoms with Crippen molar-refractivity contribution >= 4 is 22.8 Å². The molecular weight excluding hydrogens is 354 g/mol. The molecule has 0 unspecified atom stereocenters. The normalized spacial score (nSPS) is 18.5. The number of rotatable bonds is 4. The van der Waals surface area contributed by atoms with E-state index in [-0.39, 0.29) is 17.4 Å². The molecule has 0 radical (unpaired) electrons. The van der Waals surface area contributed by atoms with Gasteiger partial charge in [0, 0.05) is 31.1 Å². The molecule has 1 fully saturated rings. The van der Waals surface area contributed by atoms with Crippen molar-refractivity contribution in [3.05, 3.63) is 24.2 Å². The number of likely N-dealkylation sites (tertiary alicyclic amines) is 1. The lowest BCUT2D eigenvalue weighted by atomic mass is 9.90. The number of likely N-dealkylation sites (N-methyl/N-ethyl adjacent to an activating group) is 1. The predicted octanol–water partition coefficient (Wildman–Crippen LogP) is 1.99. The van der Waals surface area contributed by atoms with Gasteiger partial charge < -0.3 is 15.5 Å². The predicted molar refractivity (Wildman–Crippen MR) is 111 cm³/mol. The highest BCUT2D eigenvalue weighted by Gasteiger charge is 2.30. The van der Waals surface area contributed by atoms with E-state index in [4.69, 9.17) is 10.8 Å². The fourth-order valence-electron chi connectivity index (χ4n) is 3.60. The van der Waals surface area contributed by atoms with Gasteiger partial charge in [-0.2, -0.15) is 5.10 Å². The van der Waals surface area contributed by atoms with Gasteiger partial charge in [-0.3, -0.25) is 4.79 Å². The molecule has 0 aliphatic carbocycles. The summed E-state index contributed by atoms with van der Waals surface area (Å²) in [5.41, 5.74) is 7.64. The van der Waals surface area contributed by atoms with Gasteiger partial charge in [-0.15, -0.1) is 0 Å². The summed E-state index contributed by atoms with van der Waals surface area (Å²) < 4.78 is 1.96. The van der Waals surface area contributed by atoms with Crippen molar-refractivity contribution in [2.75, 3.05) is 39.5 Å². The molecule has 0 aromatic carbocycles. The average molecular weight is 386 g/mol. The van der Waals surface area contributed by atoms with Crippen LogP contribution >= 0.6 is 0 Å². The van der Waals surface area contributed by atoms with E-state index in [0.717, 1.165) is 42.7 Å². The molecule has 2 N–H and O–H groups in total. The maximum Gasteiger partial charge on any atom is 0.246 e. The molecule has 152 valence electrons. The SMILES string of the molecule is CN(C)C/C=C/C(=O)N1CCC[C@@H](n2nc(C(C)(C)C)c3c(N)ncnc32)C1. The Morgan fingerprint density at radius 3 is 2.79 bits per heavy atom. The van der Waals surface area contributed by atoms with Gasteiger partial charge in [-0.25, -0.2) is 14.6 Å². The topological polar surface area (TPSA) is 93.2 Å². The number of nitrogen functional groups attached to an aromatic ring is 1. The molecule has 0 saturated carbocycles. The minimum Gasteiger partial charge on any atom is -0.383 e. The molecular formula is C20H31N7O. The van der Waals surface area contributed by atoms with Gasteiger partial charge in [-0.05, 0) is 26.9 Å². The number of nitrogens with zero attached hydrogens (tertiary/aromatic N) is 6. The van der Waals surface area contributed by atoms with Crippen molar-refractivity contribution in [2.45, 2.75) is 45.1 Å². The highest BCUT2D eigenvalue weighted by molar-refractivity contribution is 5.89. The summed E-state index contributed by atoms with van der Waals surface area (Å²) in [4.78, 5) is 25.1. The zero-order chi connectivity index (χ0) is 20.5. The molecule has 28 heavy (non-hydrogen) atoms. The molecule has 1 aliphatic rings. The lowest BCUT2D eigenvalue weighted by molar-refractivity contribution is -0.127. The number of anilines is 1. The smallest absolute Gasteiger partial charge is 0.246 e. The highest BCUT2D eigenvalue weighted by atomic mass is 16.2. The Kier molecular flexibility index (Phi) is 5.69. The van der Waals surface area contributed by atoms with Crippen molar-refractivity contribution < 1.29 is 4.79 Å². The molecule has 8 heteroatoms. The maximum atomic E-state index is 12.6.